The third kappa shape index (κ3) is 4.58. The van der Waals surface area contributed by atoms with Crippen molar-refractivity contribution in [2.75, 3.05) is 6.26 Å². The first-order valence-corrected chi connectivity index (χ1v) is 13.1. The Labute approximate surface area is 189 Å². The first kappa shape index (κ1) is 22.5. The van der Waals surface area contributed by atoms with Crippen molar-refractivity contribution in [3.63, 3.8) is 0 Å². The molecule has 2 amide bonds. The van der Waals surface area contributed by atoms with E-state index in [-0.39, 0.29) is 28.8 Å². The third-order valence-electron chi connectivity index (χ3n) is 6.81. The van der Waals surface area contributed by atoms with E-state index >= 15 is 0 Å². The molecular formula is C25H30N2O4S. The summed E-state index contributed by atoms with van der Waals surface area (Å²) in [5, 5.41) is 3.06. The zero-order valence-corrected chi connectivity index (χ0v) is 19.3. The second-order valence-corrected chi connectivity index (χ2v) is 11.0. The van der Waals surface area contributed by atoms with E-state index in [1.54, 1.807) is 36.4 Å². The monoisotopic (exact) mass is 454 g/mol. The summed E-state index contributed by atoms with van der Waals surface area (Å²) in [5.74, 6) is 0.130. The van der Waals surface area contributed by atoms with Gasteiger partial charge in [0.05, 0.1) is 10.9 Å². The summed E-state index contributed by atoms with van der Waals surface area (Å²) in [7, 11) is -3.27. The molecule has 0 spiro atoms. The van der Waals surface area contributed by atoms with Crippen molar-refractivity contribution >= 4 is 21.7 Å². The molecule has 0 bridgehead atoms. The van der Waals surface area contributed by atoms with Crippen LogP contribution in [0.4, 0.5) is 0 Å². The van der Waals surface area contributed by atoms with Gasteiger partial charge in [-0.1, -0.05) is 43.2 Å². The Morgan fingerprint density at radius 2 is 1.66 bits per heavy atom. The topological polar surface area (TPSA) is 83.6 Å². The number of hydrogen-bond acceptors (Lipinski definition) is 4. The molecule has 1 saturated heterocycles. The van der Waals surface area contributed by atoms with Crippen molar-refractivity contribution < 1.29 is 18.0 Å². The molecule has 1 N–H and O–H groups in total. The highest BCUT2D eigenvalue weighted by Gasteiger charge is 2.47. The number of benzene rings is 2. The molecule has 2 aromatic rings. The predicted octanol–water partition coefficient (Wildman–Crippen LogP) is 3.74. The van der Waals surface area contributed by atoms with Crippen LogP contribution in [0.15, 0.2) is 59.5 Å². The molecule has 1 saturated carbocycles. The molecule has 1 aliphatic carbocycles. The molecule has 0 radical (unpaired) electrons. The zero-order valence-electron chi connectivity index (χ0n) is 18.5. The maximum absolute atomic E-state index is 13.4. The molecule has 1 heterocycles. The highest BCUT2D eigenvalue weighted by Crippen LogP contribution is 2.40. The van der Waals surface area contributed by atoms with Gasteiger partial charge in [0, 0.05) is 17.9 Å². The van der Waals surface area contributed by atoms with Gasteiger partial charge in [-0.3, -0.25) is 9.59 Å². The number of carbonyl (C=O) groups excluding carboxylic acids is 2. The first-order chi connectivity index (χ1) is 15.3. The van der Waals surface area contributed by atoms with E-state index in [1.807, 2.05) is 30.0 Å². The van der Waals surface area contributed by atoms with Crippen LogP contribution < -0.4 is 5.32 Å². The lowest BCUT2D eigenvalue weighted by Crippen LogP contribution is -2.50. The van der Waals surface area contributed by atoms with Crippen LogP contribution in [0.25, 0.3) is 0 Å². The fraction of sp³-hybridized carbons (Fsp3) is 0.440. The fourth-order valence-corrected chi connectivity index (χ4v) is 5.74. The molecule has 170 valence electrons. The van der Waals surface area contributed by atoms with Gasteiger partial charge in [0.1, 0.15) is 6.04 Å². The molecule has 4 rings (SSSR count). The molecule has 4 atom stereocenters. The first-order valence-electron chi connectivity index (χ1n) is 11.2. The third-order valence-corrected chi connectivity index (χ3v) is 7.94. The molecule has 6 nitrogen and oxygen atoms in total. The van der Waals surface area contributed by atoms with Crippen LogP contribution in [0.3, 0.4) is 0 Å². The summed E-state index contributed by atoms with van der Waals surface area (Å²) in [6.07, 6.45) is 6.08. The summed E-state index contributed by atoms with van der Waals surface area (Å²) in [4.78, 5) is 28.8. The van der Waals surface area contributed by atoms with Crippen LogP contribution in [0.1, 0.15) is 61.0 Å². The molecule has 7 heteroatoms. The maximum Gasteiger partial charge on any atom is 0.254 e. The van der Waals surface area contributed by atoms with Gasteiger partial charge in [-0.2, -0.15) is 0 Å². The van der Waals surface area contributed by atoms with Crippen molar-refractivity contribution in [1.82, 2.24) is 10.2 Å². The zero-order chi connectivity index (χ0) is 22.9. The number of amides is 2. The lowest BCUT2D eigenvalue weighted by Gasteiger charge is -2.34. The van der Waals surface area contributed by atoms with Gasteiger partial charge >= 0.3 is 0 Å². The van der Waals surface area contributed by atoms with Crippen LogP contribution in [-0.2, 0) is 14.6 Å². The second kappa shape index (κ2) is 9.06. The van der Waals surface area contributed by atoms with E-state index in [1.165, 1.54) is 6.26 Å². The lowest BCUT2D eigenvalue weighted by molar-refractivity contribution is -0.125. The molecule has 0 aromatic heterocycles. The summed E-state index contributed by atoms with van der Waals surface area (Å²) < 4.78 is 23.4. The Bertz CT molecular complexity index is 1080. The minimum atomic E-state index is -3.27. The second-order valence-electron chi connectivity index (χ2n) is 9.01. The molecule has 2 aliphatic rings. The number of nitrogens with zero attached hydrogens (tertiary/aromatic N) is 1. The minimum absolute atomic E-state index is 0.0784. The van der Waals surface area contributed by atoms with E-state index in [2.05, 4.69) is 5.32 Å². The van der Waals surface area contributed by atoms with Gasteiger partial charge in [-0.05, 0) is 61.9 Å². The smallest absolute Gasteiger partial charge is 0.254 e. The molecular weight excluding hydrogens is 424 g/mol. The number of rotatable bonds is 5. The summed E-state index contributed by atoms with van der Waals surface area (Å²) >= 11 is 0. The van der Waals surface area contributed by atoms with E-state index < -0.39 is 15.9 Å². The Hall–Kier alpha value is -2.67. The van der Waals surface area contributed by atoms with Gasteiger partial charge < -0.3 is 10.2 Å². The van der Waals surface area contributed by atoms with Crippen molar-refractivity contribution in [2.45, 2.75) is 62.0 Å². The van der Waals surface area contributed by atoms with Crippen molar-refractivity contribution in [2.24, 2.45) is 5.92 Å². The average Bonchev–Trinajstić information content (AvgIpc) is 3.18. The molecule has 2 aromatic carbocycles. The maximum atomic E-state index is 13.4. The van der Waals surface area contributed by atoms with Crippen LogP contribution in [-0.4, -0.2) is 43.5 Å². The Kier molecular flexibility index (Phi) is 6.38. The Morgan fingerprint density at radius 1 is 1.00 bits per heavy atom. The Balaban J connectivity index is 1.53. The average molecular weight is 455 g/mol. The number of likely N-dealkylation sites (tertiary alicyclic amines) is 1. The number of sulfone groups is 1. The van der Waals surface area contributed by atoms with Gasteiger partial charge in [0.2, 0.25) is 5.91 Å². The largest absolute Gasteiger partial charge is 0.348 e. The van der Waals surface area contributed by atoms with Crippen LogP contribution in [0.5, 0.6) is 0 Å². The number of nitrogens with one attached hydrogen (secondary N) is 1. The highest BCUT2D eigenvalue weighted by atomic mass is 32.2. The molecule has 1 aliphatic heterocycles. The summed E-state index contributed by atoms with van der Waals surface area (Å²) in [5.41, 5.74) is 1.43. The van der Waals surface area contributed by atoms with Crippen molar-refractivity contribution in [1.29, 1.82) is 0 Å². The number of hydrogen-bond donors (Lipinski definition) is 1. The van der Waals surface area contributed by atoms with Crippen molar-refractivity contribution in [3.05, 3.63) is 65.7 Å². The SMILES string of the molecule is CC(NC(=O)C1CC2CCCCC2N1C(=O)c1ccccc1)c1ccc(S(C)(=O)=O)cc1. The van der Waals surface area contributed by atoms with Gasteiger partial charge in [0.15, 0.2) is 9.84 Å². The van der Waals surface area contributed by atoms with E-state index in [9.17, 15) is 18.0 Å². The molecule has 32 heavy (non-hydrogen) atoms. The Morgan fingerprint density at radius 3 is 2.31 bits per heavy atom. The fourth-order valence-electron chi connectivity index (χ4n) is 5.11. The van der Waals surface area contributed by atoms with E-state index in [0.29, 0.717) is 17.9 Å². The van der Waals surface area contributed by atoms with Crippen molar-refractivity contribution in [3.8, 4) is 0 Å². The minimum Gasteiger partial charge on any atom is -0.348 e. The number of fused-ring (bicyclic) bond motifs is 1. The quantitative estimate of drug-likeness (QED) is 0.746. The number of carbonyl (C=O) groups is 2. The standard InChI is InChI=1S/C25H30N2O4S/c1-17(18-12-14-21(15-13-18)32(2,30)31)26-24(28)23-16-20-10-6-7-11-22(20)27(23)25(29)19-8-4-3-5-9-19/h3-5,8-9,12-15,17,20,22-23H,6-7,10-11,16H2,1-2H3,(H,26,28). The highest BCUT2D eigenvalue weighted by molar-refractivity contribution is 7.90. The molecule has 4 unspecified atom stereocenters. The van der Waals surface area contributed by atoms with Crippen LogP contribution in [0.2, 0.25) is 0 Å². The van der Waals surface area contributed by atoms with Crippen LogP contribution in [0, 0.1) is 5.92 Å². The van der Waals surface area contributed by atoms with E-state index in [0.717, 1.165) is 31.2 Å². The van der Waals surface area contributed by atoms with E-state index in [4.69, 9.17) is 0 Å². The van der Waals surface area contributed by atoms with Gasteiger partial charge in [-0.25, -0.2) is 8.42 Å². The molecule has 2 fully saturated rings. The summed E-state index contributed by atoms with van der Waals surface area (Å²) in [6, 6.07) is 15.1. The lowest BCUT2D eigenvalue weighted by atomic mass is 9.84. The predicted molar refractivity (Wildman–Crippen MR) is 123 cm³/mol. The van der Waals surface area contributed by atoms with Crippen LogP contribution >= 0.6 is 0 Å². The van der Waals surface area contributed by atoms with Gasteiger partial charge in [-0.15, -0.1) is 0 Å². The normalized spacial score (nSPS) is 23.9. The van der Waals surface area contributed by atoms with Gasteiger partial charge in [0.25, 0.3) is 5.91 Å². The summed E-state index contributed by atoms with van der Waals surface area (Å²) in [6.45, 7) is 1.87.